The second-order valence-electron chi connectivity index (χ2n) is 6.79. The Morgan fingerprint density at radius 1 is 1.00 bits per heavy atom. The van der Waals surface area contributed by atoms with Crippen molar-refractivity contribution in [3.63, 3.8) is 0 Å². The standard InChI is InChI=1S/C12H19NO19S3/c14-3-1-4(10(16)17)30-12(8(3)32-35(25,26)27)31-9-5(2-28-34(22,23)24)29-11(18)6(7(9)15)13-33(19,20)21/h1,3,5-9,11-15,18H,2H2,(H,16,17)(H,19,20,21)(H,22,23,24)(H,25,26,27)/t3-,5+,6+,7+,8+,9?,11?,12-/m0/s1. The Bertz CT molecular complexity index is 1130. The highest BCUT2D eigenvalue weighted by Crippen LogP contribution is 2.30. The Morgan fingerprint density at radius 3 is 2.09 bits per heavy atom. The van der Waals surface area contributed by atoms with E-state index in [1.807, 2.05) is 0 Å². The van der Waals surface area contributed by atoms with Gasteiger partial charge < -0.3 is 34.6 Å². The van der Waals surface area contributed by atoms with Crippen LogP contribution >= 0.6 is 0 Å². The molecule has 35 heavy (non-hydrogen) atoms. The van der Waals surface area contributed by atoms with Crippen LogP contribution in [0.1, 0.15) is 0 Å². The summed E-state index contributed by atoms with van der Waals surface area (Å²) in [7, 11) is -15.7. The molecule has 1 fully saturated rings. The minimum absolute atomic E-state index is 0.442. The van der Waals surface area contributed by atoms with Crippen molar-refractivity contribution >= 4 is 37.1 Å². The Labute approximate surface area is 196 Å². The molecule has 0 radical (unpaired) electrons. The van der Waals surface area contributed by atoms with Gasteiger partial charge in [-0.05, 0) is 6.08 Å². The summed E-state index contributed by atoms with van der Waals surface area (Å²) >= 11 is 0. The summed E-state index contributed by atoms with van der Waals surface area (Å²) in [6, 6.07) is -2.15. The van der Waals surface area contributed by atoms with Crippen molar-refractivity contribution in [1.82, 2.24) is 4.72 Å². The van der Waals surface area contributed by atoms with E-state index < -0.39 is 98.6 Å². The molecule has 23 heteroatoms. The first kappa shape index (κ1) is 29.6. The average molecular weight is 577 g/mol. The van der Waals surface area contributed by atoms with E-state index in [2.05, 4.69) is 8.37 Å². The Hall–Kier alpha value is -1.58. The fourth-order valence-electron chi connectivity index (χ4n) is 2.96. The lowest BCUT2D eigenvalue weighted by Gasteiger charge is -2.44. The minimum Gasteiger partial charge on any atom is -0.475 e. The van der Waals surface area contributed by atoms with Gasteiger partial charge in [0.1, 0.15) is 30.5 Å². The second-order valence-corrected chi connectivity index (χ2v) is 10.1. The molecule has 0 aromatic rings. The lowest BCUT2D eigenvalue weighted by molar-refractivity contribution is -0.303. The van der Waals surface area contributed by atoms with Gasteiger partial charge in [0, 0.05) is 0 Å². The lowest BCUT2D eigenvalue weighted by Crippen LogP contribution is -2.66. The molecule has 0 spiro atoms. The van der Waals surface area contributed by atoms with Crippen LogP contribution in [-0.2, 0) is 58.5 Å². The average Bonchev–Trinajstić information content (AvgIpc) is 2.65. The number of aliphatic hydroxyl groups is 3. The monoisotopic (exact) mass is 577 g/mol. The first-order valence-electron chi connectivity index (χ1n) is 8.76. The van der Waals surface area contributed by atoms with E-state index >= 15 is 0 Å². The normalized spacial score (nSPS) is 34.6. The van der Waals surface area contributed by atoms with Crippen LogP contribution in [0.3, 0.4) is 0 Å². The zero-order valence-electron chi connectivity index (χ0n) is 16.7. The van der Waals surface area contributed by atoms with E-state index in [0.717, 1.165) is 0 Å². The summed E-state index contributed by atoms with van der Waals surface area (Å²) in [6.07, 6.45) is -15.1. The van der Waals surface area contributed by atoms with Crippen LogP contribution < -0.4 is 4.72 Å². The molecule has 0 amide bonds. The Kier molecular flexibility index (Phi) is 9.15. The third kappa shape index (κ3) is 8.79. The number of aliphatic carboxylic acids is 1. The zero-order chi connectivity index (χ0) is 26.9. The third-order valence-electron chi connectivity index (χ3n) is 4.26. The summed E-state index contributed by atoms with van der Waals surface area (Å²) in [5.74, 6) is -2.88. The molecule has 2 rings (SSSR count). The number of hydrogen-bond acceptors (Lipinski definition) is 15. The quantitative estimate of drug-likeness (QED) is 0.112. The summed E-state index contributed by atoms with van der Waals surface area (Å²) in [5, 5.41) is 39.6. The maximum absolute atomic E-state index is 11.2. The summed E-state index contributed by atoms with van der Waals surface area (Å²) < 4.78 is 117. The largest absolute Gasteiger partial charge is 0.475 e. The van der Waals surface area contributed by atoms with Gasteiger partial charge in [0.2, 0.25) is 12.0 Å². The van der Waals surface area contributed by atoms with E-state index in [1.165, 1.54) is 4.72 Å². The highest BCUT2D eigenvalue weighted by Gasteiger charge is 2.51. The maximum atomic E-state index is 11.2. The van der Waals surface area contributed by atoms with Gasteiger partial charge in [0.05, 0.1) is 6.61 Å². The van der Waals surface area contributed by atoms with Crippen molar-refractivity contribution in [3.05, 3.63) is 11.8 Å². The van der Waals surface area contributed by atoms with Crippen molar-refractivity contribution < 1.29 is 86.7 Å². The van der Waals surface area contributed by atoms with Crippen LogP contribution in [0.25, 0.3) is 0 Å². The van der Waals surface area contributed by atoms with E-state index in [-0.39, 0.29) is 0 Å². The molecule has 1 saturated heterocycles. The van der Waals surface area contributed by atoms with Crippen LogP contribution in [0.2, 0.25) is 0 Å². The van der Waals surface area contributed by atoms with Gasteiger partial charge in [-0.2, -0.15) is 30.0 Å². The van der Waals surface area contributed by atoms with Crippen molar-refractivity contribution in [3.8, 4) is 0 Å². The van der Waals surface area contributed by atoms with Gasteiger partial charge in [0.15, 0.2) is 12.4 Å². The van der Waals surface area contributed by atoms with E-state index in [9.17, 15) is 45.4 Å². The molecule has 0 bridgehead atoms. The van der Waals surface area contributed by atoms with Crippen molar-refractivity contribution in [2.24, 2.45) is 0 Å². The molecule has 2 heterocycles. The molecule has 0 aromatic heterocycles. The van der Waals surface area contributed by atoms with Crippen LogP contribution in [0.5, 0.6) is 0 Å². The second kappa shape index (κ2) is 10.8. The Morgan fingerprint density at radius 2 is 1.60 bits per heavy atom. The number of carboxylic acid groups (broad SMARTS) is 1. The van der Waals surface area contributed by atoms with Crippen LogP contribution in [0.15, 0.2) is 11.8 Å². The molecule has 0 aliphatic carbocycles. The van der Waals surface area contributed by atoms with E-state index in [1.54, 1.807) is 0 Å². The number of hydrogen-bond donors (Lipinski definition) is 8. The van der Waals surface area contributed by atoms with Gasteiger partial charge in [0.25, 0.3) is 0 Å². The smallest absolute Gasteiger partial charge is 0.397 e. The lowest BCUT2D eigenvalue weighted by atomic mass is 9.97. The number of aliphatic hydroxyl groups excluding tert-OH is 3. The summed E-state index contributed by atoms with van der Waals surface area (Å²) in [5.41, 5.74) is 0. The van der Waals surface area contributed by atoms with Crippen molar-refractivity contribution in [1.29, 1.82) is 0 Å². The first-order valence-corrected chi connectivity index (χ1v) is 12.9. The highest BCUT2D eigenvalue weighted by atomic mass is 32.3. The number of carbonyl (C=O) groups is 1. The van der Waals surface area contributed by atoms with E-state index in [4.69, 9.17) is 33.0 Å². The molecule has 204 valence electrons. The number of carboxylic acids is 1. The van der Waals surface area contributed by atoms with Gasteiger partial charge in [-0.15, -0.1) is 0 Å². The van der Waals surface area contributed by atoms with Gasteiger partial charge in [-0.1, -0.05) is 0 Å². The Balaban J connectivity index is 2.44. The fourth-order valence-corrected chi connectivity index (χ4v) is 4.35. The first-order chi connectivity index (χ1) is 15.8. The van der Waals surface area contributed by atoms with Crippen LogP contribution in [0.4, 0.5) is 0 Å². The maximum Gasteiger partial charge on any atom is 0.397 e. The summed E-state index contributed by atoms with van der Waals surface area (Å²) in [6.45, 7) is -1.25. The van der Waals surface area contributed by atoms with Gasteiger partial charge >= 0.3 is 37.1 Å². The van der Waals surface area contributed by atoms with Crippen LogP contribution in [0, 0.1) is 0 Å². The molecular weight excluding hydrogens is 558 g/mol. The van der Waals surface area contributed by atoms with Gasteiger partial charge in [-0.25, -0.2) is 13.2 Å². The molecule has 0 saturated carbocycles. The number of nitrogens with one attached hydrogen (secondary N) is 1. The topological polar surface area (TPSA) is 319 Å². The zero-order valence-corrected chi connectivity index (χ0v) is 19.1. The highest BCUT2D eigenvalue weighted by molar-refractivity contribution is 7.83. The SMILES string of the molecule is O=C(O)C1=C[C@H](O)[C@@H](OS(=O)(=O)O)[C@H](OC2[C@@H](COS(=O)(=O)O)OC(O)[C@H](NS(=O)(=O)O)[C@H]2O)O1. The molecule has 8 N–H and O–H groups in total. The molecule has 0 aromatic carbocycles. The molecule has 2 unspecified atom stereocenters. The molecule has 20 nitrogen and oxygen atoms in total. The molecular formula is C12H19NO19S3. The fraction of sp³-hybridized carbons (Fsp3) is 0.750. The molecule has 8 atom stereocenters. The number of rotatable bonds is 10. The minimum atomic E-state index is -5.36. The molecule has 2 aliphatic heterocycles. The molecule has 2 aliphatic rings. The summed E-state index contributed by atoms with van der Waals surface area (Å²) in [4.78, 5) is 11.2. The van der Waals surface area contributed by atoms with Crippen molar-refractivity contribution in [2.75, 3.05) is 6.61 Å². The number of ether oxygens (including phenoxy) is 3. The predicted octanol–water partition coefficient (Wildman–Crippen LogP) is -5.10. The predicted molar refractivity (Wildman–Crippen MR) is 101 cm³/mol. The van der Waals surface area contributed by atoms with Crippen molar-refractivity contribution in [2.45, 2.75) is 49.1 Å². The third-order valence-corrected chi connectivity index (χ3v) is 5.73. The van der Waals surface area contributed by atoms with Crippen LogP contribution in [-0.4, -0.2) is 121 Å². The van der Waals surface area contributed by atoms with E-state index in [0.29, 0.717) is 6.08 Å². The van der Waals surface area contributed by atoms with Gasteiger partial charge in [-0.3, -0.25) is 13.7 Å².